The molecule has 1 aromatic carbocycles. The normalized spacial score (nSPS) is 18.5. The number of carbonyl (C=O) groups is 1. The van der Waals surface area contributed by atoms with Gasteiger partial charge in [0.15, 0.2) is 0 Å². The summed E-state index contributed by atoms with van der Waals surface area (Å²) in [6, 6.07) is 4.68. The number of piperidine rings is 1. The van der Waals surface area contributed by atoms with E-state index in [0.717, 1.165) is 31.5 Å². The molecule has 1 heterocycles. The molecule has 0 aliphatic carbocycles. The van der Waals surface area contributed by atoms with Gasteiger partial charge < -0.3 is 10.6 Å². The summed E-state index contributed by atoms with van der Waals surface area (Å²) in [5.41, 5.74) is 0.949. The van der Waals surface area contributed by atoms with E-state index in [2.05, 4.69) is 10.6 Å². The second kappa shape index (κ2) is 7.46. The highest BCUT2D eigenvalue weighted by molar-refractivity contribution is 5.94. The fourth-order valence-electron chi connectivity index (χ4n) is 2.23. The Balaban J connectivity index is 0.00000180. The molecular weight excluding hydrogens is 267 g/mol. The number of nitrogens with one attached hydrogen (secondary N) is 2. The Morgan fingerprint density at radius 2 is 2.32 bits per heavy atom. The van der Waals surface area contributed by atoms with Crippen molar-refractivity contribution in [3.8, 4) is 0 Å². The summed E-state index contributed by atoms with van der Waals surface area (Å²) >= 11 is 0. The Kier molecular flexibility index (Phi) is 6.25. The smallest absolute Gasteiger partial charge is 0.254 e. The van der Waals surface area contributed by atoms with E-state index >= 15 is 0 Å². The zero-order valence-corrected chi connectivity index (χ0v) is 11.9. The van der Waals surface area contributed by atoms with Crippen molar-refractivity contribution in [2.75, 3.05) is 19.6 Å². The lowest BCUT2D eigenvalue weighted by molar-refractivity contribution is 0.0941. The van der Waals surface area contributed by atoms with Crippen molar-refractivity contribution in [3.63, 3.8) is 0 Å². The molecule has 2 rings (SSSR count). The van der Waals surface area contributed by atoms with Gasteiger partial charge in [-0.1, -0.05) is 6.07 Å². The van der Waals surface area contributed by atoms with Crippen LogP contribution >= 0.6 is 12.4 Å². The van der Waals surface area contributed by atoms with Gasteiger partial charge in [0.25, 0.3) is 5.91 Å². The van der Waals surface area contributed by atoms with E-state index in [4.69, 9.17) is 0 Å². The summed E-state index contributed by atoms with van der Waals surface area (Å²) in [6.45, 7) is 4.39. The van der Waals surface area contributed by atoms with Crippen LogP contribution in [0.2, 0.25) is 0 Å². The number of carbonyl (C=O) groups excluding carboxylic acids is 1. The van der Waals surface area contributed by atoms with Crippen molar-refractivity contribution in [1.29, 1.82) is 0 Å². The van der Waals surface area contributed by atoms with Gasteiger partial charge in [-0.05, 0) is 56.5 Å². The second-order valence-electron chi connectivity index (χ2n) is 4.91. The van der Waals surface area contributed by atoms with Gasteiger partial charge in [-0.15, -0.1) is 12.4 Å². The molecule has 0 bridgehead atoms. The maximum atomic E-state index is 13.6. The standard InChI is InChI=1S/C14H19FN2O.ClH/c1-10-4-5-12(13(15)7-10)14(18)17-9-11-3-2-6-16-8-11;/h4-5,7,11,16H,2-3,6,8-9H2,1H3,(H,17,18);1H. The Hall–Kier alpha value is -1.13. The first kappa shape index (κ1) is 15.9. The fourth-order valence-corrected chi connectivity index (χ4v) is 2.23. The van der Waals surface area contributed by atoms with Gasteiger partial charge in [0.2, 0.25) is 0 Å². The summed E-state index contributed by atoms with van der Waals surface area (Å²) in [4.78, 5) is 11.8. The van der Waals surface area contributed by atoms with Crippen molar-refractivity contribution in [3.05, 3.63) is 35.1 Å². The Morgan fingerprint density at radius 1 is 1.53 bits per heavy atom. The summed E-state index contributed by atoms with van der Waals surface area (Å²) < 4.78 is 13.6. The summed E-state index contributed by atoms with van der Waals surface area (Å²) in [5, 5.41) is 6.10. The molecule has 1 amide bonds. The Morgan fingerprint density at radius 3 is 2.95 bits per heavy atom. The van der Waals surface area contributed by atoms with E-state index in [9.17, 15) is 9.18 Å². The van der Waals surface area contributed by atoms with Crippen LogP contribution in [0.1, 0.15) is 28.8 Å². The third-order valence-corrected chi connectivity index (χ3v) is 3.32. The quantitative estimate of drug-likeness (QED) is 0.895. The summed E-state index contributed by atoms with van der Waals surface area (Å²) in [6.07, 6.45) is 2.25. The fraction of sp³-hybridized carbons (Fsp3) is 0.500. The van der Waals surface area contributed by atoms with Crippen LogP contribution in [-0.4, -0.2) is 25.5 Å². The van der Waals surface area contributed by atoms with Crippen LogP contribution in [0.5, 0.6) is 0 Å². The van der Waals surface area contributed by atoms with Crippen LogP contribution in [0.25, 0.3) is 0 Å². The lowest BCUT2D eigenvalue weighted by atomic mass is 9.99. The molecule has 5 heteroatoms. The van der Waals surface area contributed by atoms with E-state index < -0.39 is 5.82 Å². The number of benzene rings is 1. The van der Waals surface area contributed by atoms with E-state index in [1.807, 2.05) is 0 Å². The van der Waals surface area contributed by atoms with Crippen molar-refractivity contribution in [2.24, 2.45) is 5.92 Å². The third-order valence-electron chi connectivity index (χ3n) is 3.32. The molecular formula is C14H20ClFN2O. The van der Waals surface area contributed by atoms with Gasteiger partial charge in [-0.2, -0.15) is 0 Å². The van der Waals surface area contributed by atoms with Crippen LogP contribution in [0.15, 0.2) is 18.2 Å². The van der Waals surface area contributed by atoms with Crippen LogP contribution in [0, 0.1) is 18.7 Å². The lowest BCUT2D eigenvalue weighted by Gasteiger charge is -2.22. The molecule has 1 aromatic rings. The van der Waals surface area contributed by atoms with Crippen molar-refractivity contribution in [1.82, 2.24) is 10.6 Å². The number of rotatable bonds is 3. The predicted molar refractivity (Wildman–Crippen MR) is 76.3 cm³/mol. The average Bonchev–Trinajstić information content (AvgIpc) is 2.37. The van der Waals surface area contributed by atoms with Crippen molar-refractivity contribution in [2.45, 2.75) is 19.8 Å². The molecule has 1 aliphatic rings. The third kappa shape index (κ3) is 4.48. The van der Waals surface area contributed by atoms with Crippen molar-refractivity contribution < 1.29 is 9.18 Å². The molecule has 19 heavy (non-hydrogen) atoms. The Bertz CT molecular complexity index is 433. The summed E-state index contributed by atoms with van der Waals surface area (Å²) in [7, 11) is 0. The minimum Gasteiger partial charge on any atom is -0.352 e. The molecule has 3 nitrogen and oxygen atoms in total. The maximum Gasteiger partial charge on any atom is 0.254 e. The Labute approximate surface area is 119 Å². The topological polar surface area (TPSA) is 41.1 Å². The van der Waals surface area contributed by atoms with Gasteiger partial charge in [0.05, 0.1) is 5.56 Å². The first-order valence-electron chi connectivity index (χ1n) is 6.42. The van der Waals surface area contributed by atoms with E-state index in [-0.39, 0.29) is 23.9 Å². The van der Waals surface area contributed by atoms with Crippen LogP contribution in [0.4, 0.5) is 4.39 Å². The average molecular weight is 287 g/mol. The van der Waals surface area contributed by atoms with Gasteiger partial charge in [0, 0.05) is 6.54 Å². The molecule has 2 N–H and O–H groups in total. The molecule has 0 aromatic heterocycles. The van der Waals surface area contributed by atoms with E-state index in [0.29, 0.717) is 12.5 Å². The highest BCUT2D eigenvalue weighted by Crippen LogP contribution is 2.11. The molecule has 1 atom stereocenters. The van der Waals surface area contributed by atoms with Crippen LogP contribution in [0.3, 0.4) is 0 Å². The van der Waals surface area contributed by atoms with E-state index in [1.165, 1.54) is 6.07 Å². The molecule has 1 fully saturated rings. The molecule has 1 aliphatic heterocycles. The first-order valence-corrected chi connectivity index (χ1v) is 6.42. The largest absolute Gasteiger partial charge is 0.352 e. The molecule has 0 saturated carbocycles. The highest BCUT2D eigenvalue weighted by atomic mass is 35.5. The minimum absolute atomic E-state index is 0. The first-order chi connectivity index (χ1) is 8.66. The maximum absolute atomic E-state index is 13.6. The SMILES string of the molecule is Cc1ccc(C(=O)NCC2CCCNC2)c(F)c1.Cl. The monoisotopic (exact) mass is 286 g/mol. The number of halogens is 2. The lowest BCUT2D eigenvalue weighted by Crippen LogP contribution is -2.38. The molecule has 0 radical (unpaired) electrons. The van der Waals surface area contributed by atoms with Gasteiger partial charge in [-0.25, -0.2) is 4.39 Å². The number of amides is 1. The van der Waals surface area contributed by atoms with Gasteiger partial charge in [0.1, 0.15) is 5.82 Å². The molecule has 1 saturated heterocycles. The molecule has 0 spiro atoms. The predicted octanol–water partition coefficient (Wildman–Crippen LogP) is 2.29. The zero-order valence-electron chi connectivity index (χ0n) is 11.0. The van der Waals surface area contributed by atoms with Crippen molar-refractivity contribution >= 4 is 18.3 Å². The van der Waals surface area contributed by atoms with E-state index in [1.54, 1.807) is 19.1 Å². The van der Waals surface area contributed by atoms with Crippen LogP contribution < -0.4 is 10.6 Å². The van der Waals surface area contributed by atoms with Gasteiger partial charge in [-0.3, -0.25) is 4.79 Å². The molecule has 1 unspecified atom stereocenters. The second-order valence-corrected chi connectivity index (χ2v) is 4.91. The zero-order chi connectivity index (χ0) is 13.0. The van der Waals surface area contributed by atoms with Gasteiger partial charge >= 0.3 is 0 Å². The van der Waals surface area contributed by atoms with Crippen LogP contribution in [-0.2, 0) is 0 Å². The minimum atomic E-state index is -0.450. The summed E-state index contributed by atoms with van der Waals surface area (Å²) in [5.74, 6) is -0.316. The molecule has 106 valence electrons. The number of hydrogen-bond acceptors (Lipinski definition) is 2. The highest BCUT2D eigenvalue weighted by Gasteiger charge is 2.16. The number of aryl methyl sites for hydroxylation is 1. The number of hydrogen-bond donors (Lipinski definition) is 2.